The third-order valence-corrected chi connectivity index (χ3v) is 4.97. The highest BCUT2D eigenvalue weighted by Gasteiger charge is 2.13. The monoisotopic (exact) mass is 540 g/mol. The smallest absolute Gasteiger partial charge is 0.335 e. The van der Waals surface area contributed by atoms with Gasteiger partial charge in [0.15, 0.2) is 0 Å². The molecule has 204 valence electrons. The number of benzene rings is 3. The second kappa shape index (κ2) is 15.0. The quantitative estimate of drug-likeness (QED) is 0.0966. The van der Waals surface area contributed by atoms with E-state index in [1.165, 1.54) is 12.1 Å². The highest BCUT2D eigenvalue weighted by molar-refractivity contribution is 5.86. The maximum atomic E-state index is 11.7. The second-order valence-corrected chi connectivity index (χ2v) is 7.91. The Kier molecular flexibility index (Phi) is 11.6. The number of carbonyl (C=O) groups is 4. The molecule has 0 spiro atoms. The average molecular weight is 541 g/mol. The van der Waals surface area contributed by atoms with Crippen LogP contribution in [0.25, 0.3) is 22.3 Å². The van der Waals surface area contributed by atoms with Crippen molar-refractivity contribution >= 4 is 24.4 Å². The molecule has 0 radical (unpaired) electrons. The van der Waals surface area contributed by atoms with Crippen LogP contribution in [0.5, 0.6) is 23.0 Å². The van der Waals surface area contributed by atoms with Crippen molar-refractivity contribution in [3.05, 3.63) is 111 Å². The van der Waals surface area contributed by atoms with Crippen molar-refractivity contribution < 1.29 is 38.1 Å². The lowest BCUT2D eigenvalue weighted by molar-refractivity contribution is -0.130. The molecule has 3 aromatic carbocycles. The zero-order valence-electron chi connectivity index (χ0n) is 22.2. The first kappa shape index (κ1) is 30.7. The summed E-state index contributed by atoms with van der Waals surface area (Å²) >= 11 is 0. The van der Waals surface area contributed by atoms with Crippen LogP contribution in [0, 0.1) is 6.92 Å². The lowest BCUT2D eigenvalue weighted by Crippen LogP contribution is -2.06. The molecule has 0 aliphatic carbocycles. The number of hydrogen-bond acceptors (Lipinski definition) is 8. The fourth-order valence-electron chi connectivity index (χ4n) is 3.41. The maximum Gasteiger partial charge on any atom is 0.335 e. The molecule has 3 rings (SSSR count). The molecule has 0 saturated carbocycles. The Morgan fingerprint density at radius 3 is 1.48 bits per heavy atom. The van der Waals surface area contributed by atoms with Gasteiger partial charge in [0.2, 0.25) is 0 Å². The summed E-state index contributed by atoms with van der Waals surface area (Å²) in [5.74, 6) is -1.33. The third kappa shape index (κ3) is 8.81. The molecule has 8 heteroatoms. The summed E-state index contributed by atoms with van der Waals surface area (Å²) in [5, 5.41) is 0. The van der Waals surface area contributed by atoms with Crippen molar-refractivity contribution in [3.63, 3.8) is 0 Å². The van der Waals surface area contributed by atoms with E-state index in [2.05, 4.69) is 26.3 Å². The van der Waals surface area contributed by atoms with Gasteiger partial charge in [-0.15, -0.1) is 6.58 Å². The van der Waals surface area contributed by atoms with Crippen molar-refractivity contribution in [2.45, 2.75) is 13.8 Å². The lowest BCUT2D eigenvalue weighted by Gasteiger charge is -2.13. The summed E-state index contributed by atoms with van der Waals surface area (Å²) in [6.45, 7) is 17.5. The van der Waals surface area contributed by atoms with Crippen LogP contribution in [0.3, 0.4) is 0 Å². The molecule has 0 N–H and O–H groups in total. The Balaban J connectivity index is 0.00000178. The minimum Gasteiger partial charge on any atom is -0.429 e. The van der Waals surface area contributed by atoms with Gasteiger partial charge in [-0.1, -0.05) is 44.0 Å². The molecule has 8 nitrogen and oxygen atoms in total. The van der Waals surface area contributed by atoms with Crippen molar-refractivity contribution in [2.75, 3.05) is 0 Å². The van der Waals surface area contributed by atoms with E-state index in [9.17, 15) is 19.2 Å². The standard InChI is InChI=1S/C29H22O8.C3H6/c1-5-27(31)35-23-11-20(12-24(16-23)36-28(32)6-2)19-8-9-26(18(4)10-19)21-13-22(34-17-30)15-25(14-21)37-29(33)7-3;1-3-2/h5-17H,1-3H2,4H3;3H,1H2,2H3. The third-order valence-electron chi connectivity index (χ3n) is 4.97. The van der Waals surface area contributed by atoms with Gasteiger partial charge in [0.1, 0.15) is 23.0 Å². The molecule has 0 aliphatic rings. The van der Waals surface area contributed by atoms with Gasteiger partial charge in [-0.05, 0) is 65.9 Å². The first-order valence-electron chi connectivity index (χ1n) is 11.8. The molecule has 0 bridgehead atoms. The molecule has 0 amide bonds. The van der Waals surface area contributed by atoms with Crippen LogP contribution in [0.1, 0.15) is 12.5 Å². The molecule has 0 fully saturated rings. The van der Waals surface area contributed by atoms with Crippen LogP contribution >= 0.6 is 0 Å². The number of ether oxygens (including phenoxy) is 4. The zero-order chi connectivity index (χ0) is 29.7. The molecule has 40 heavy (non-hydrogen) atoms. The summed E-state index contributed by atoms with van der Waals surface area (Å²) in [6.07, 6.45) is 4.81. The van der Waals surface area contributed by atoms with E-state index in [-0.39, 0.29) is 29.5 Å². The predicted octanol–water partition coefficient (Wildman–Crippen LogP) is 6.33. The van der Waals surface area contributed by atoms with Gasteiger partial charge in [0, 0.05) is 30.4 Å². The maximum absolute atomic E-state index is 11.7. The zero-order valence-corrected chi connectivity index (χ0v) is 22.2. The van der Waals surface area contributed by atoms with Gasteiger partial charge < -0.3 is 18.9 Å². The normalized spacial score (nSPS) is 9.55. The number of carbonyl (C=O) groups excluding carboxylic acids is 4. The van der Waals surface area contributed by atoms with Gasteiger partial charge in [0.25, 0.3) is 6.47 Å². The Morgan fingerprint density at radius 1 is 0.625 bits per heavy atom. The number of aryl methyl sites for hydroxylation is 1. The van der Waals surface area contributed by atoms with E-state index in [0.717, 1.165) is 34.9 Å². The van der Waals surface area contributed by atoms with Gasteiger partial charge in [-0.25, -0.2) is 14.4 Å². The van der Waals surface area contributed by atoms with E-state index in [1.54, 1.807) is 36.4 Å². The Hall–Kier alpha value is -5.50. The molecule has 0 aliphatic heterocycles. The topological polar surface area (TPSA) is 105 Å². The second-order valence-electron chi connectivity index (χ2n) is 7.91. The summed E-state index contributed by atoms with van der Waals surface area (Å²) in [7, 11) is 0. The molecular formula is C32H28O8. The Morgan fingerprint density at radius 2 is 1.05 bits per heavy atom. The average Bonchev–Trinajstić information content (AvgIpc) is 2.93. The summed E-state index contributed by atoms with van der Waals surface area (Å²) in [4.78, 5) is 46.0. The molecule has 0 saturated heterocycles. The van der Waals surface area contributed by atoms with Crippen molar-refractivity contribution in [2.24, 2.45) is 0 Å². The van der Waals surface area contributed by atoms with E-state index >= 15 is 0 Å². The fraction of sp³-hybridized carbons (Fsp3) is 0.0625. The van der Waals surface area contributed by atoms with Crippen LogP contribution in [0.4, 0.5) is 0 Å². The van der Waals surface area contributed by atoms with Crippen molar-refractivity contribution in [3.8, 4) is 45.3 Å². The lowest BCUT2D eigenvalue weighted by atomic mass is 9.95. The Labute approximate surface area is 232 Å². The molecule has 0 unspecified atom stereocenters. The van der Waals surface area contributed by atoms with Gasteiger partial charge >= 0.3 is 17.9 Å². The van der Waals surface area contributed by atoms with Gasteiger partial charge in [-0.2, -0.15) is 0 Å². The van der Waals surface area contributed by atoms with Crippen molar-refractivity contribution in [1.29, 1.82) is 0 Å². The molecule has 3 aromatic rings. The van der Waals surface area contributed by atoms with E-state index in [4.69, 9.17) is 18.9 Å². The van der Waals surface area contributed by atoms with E-state index in [1.807, 2.05) is 26.0 Å². The first-order chi connectivity index (χ1) is 19.2. The van der Waals surface area contributed by atoms with E-state index < -0.39 is 17.9 Å². The Bertz CT molecular complexity index is 1430. The number of allylic oxidation sites excluding steroid dienone is 1. The SMILES string of the molecule is C=CC.C=CC(=O)Oc1cc(OC(=O)C=C)cc(-c2ccc(-c3cc(OC=O)cc(OC(=O)C=C)c3)c(C)c2)c1. The predicted molar refractivity (Wildman–Crippen MR) is 152 cm³/mol. The number of esters is 3. The number of hydrogen-bond donors (Lipinski definition) is 0. The molecule has 0 aromatic heterocycles. The highest BCUT2D eigenvalue weighted by Crippen LogP contribution is 2.36. The minimum absolute atomic E-state index is 0.156. The van der Waals surface area contributed by atoms with Gasteiger partial charge in [-0.3, -0.25) is 4.79 Å². The van der Waals surface area contributed by atoms with Crippen LogP contribution in [0.2, 0.25) is 0 Å². The molecule has 0 atom stereocenters. The number of rotatable bonds is 10. The van der Waals surface area contributed by atoms with Crippen molar-refractivity contribution in [1.82, 2.24) is 0 Å². The van der Waals surface area contributed by atoms with Crippen LogP contribution < -0.4 is 18.9 Å². The van der Waals surface area contributed by atoms with Crippen LogP contribution in [-0.2, 0) is 19.2 Å². The highest BCUT2D eigenvalue weighted by atomic mass is 16.5. The first-order valence-corrected chi connectivity index (χ1v) is 11.8. The summed E-state index contributed by atoms with van der Waals surface area (Å²) < 4.78 is 20.6. The minimum atomic E-state index is -0.671. The van der Waals surface area contributed by atoms with Crippen LogP contribution in [-0.4, -0.2) is 24.4 Å². The molecular weight excluding hydrogens is 512 g/mol. The fourth-order valence-corrected chi connectivity index (χ4v) is 3.41. The summed E-state index contributed by atoms with van der Waals surface area (Å²) in [6, 6.07) is 14.8. The van der Waals surface area contributed by atoms with Gasteiger partial charge in [0.05, 0.1) is 0 Å². The van der Waals surface area contributed by atoms with Crippen LogP contribution in [0.15, 0.2) is 105 Å². The largest absolute Gasteiger partial charge is 0.429 e. The molecule has 0 heterocycles. The van der Waals surface area contributed by atoms with E-state index in [0.29, 0.717) is 11.1 Å². The summed E-state index contributed by atoms with van der Waals surface area (Å²) in [5.41, 5.74) is 3.55.